The van der Waals surface area contributed by atoms with Gasteiger partial charge in [-0.2, -0.15) is 0 Å². The molecule has 2 heterocycles. The molecule has 2 aromatic rings. The molecule has 3 rings (SSSR count). The lowest BCUT2D eigenvalue weighted by molar-refractivity contribution is 0.0718. The first-order valence-electron chi connectivity index (χ1n) is 8.07. The molecule has 1 aromatic carbocycles. The van der Waals surface area contributed by atoms with Crippen LogP contribution in [0.5, 0.6) is 0 Å². The van der Waals surface area contributed by atoms with Crippen molar-refractivity contribution in [3.8, 4) is 0 Å². The third kappa shape index (κ3) is 4.11. The first-order chi connectivity index (χ1) is 12.1. The predicted molar refractivity (Wildman–Crippen MR) is 98.4 cm³/mol. The number of hydrogen-bond acceptors (Lipinski definition) is 3. The summed E-state index contributed by atoms with van der Waals surface area (Å²) in [7, 11) is 0. The van der Waals surface area contributed by atoms with Gasteiger partial charge in [0.1, 0.15) is 5.69 Å². The summed E-state index contributed by atoms with van der Waals surface area (Å²) in [4.78, 5) is 30.9. The van der Waals surface area contributed by atoms with Crippen LogP contribution in [0.2, 0.25) is 10.0 Å². The summed E-state index contributed by atoms with van der Waals surface area (Å²) in [5, 5.41) is 3.34. The first kappa shape index (κ1) is 17.7. The highest BCUT2D eigenvalue weighted by atomic mass is 35.5. The third-order valence-corrected chi connectivity index (χ3v) is 4.90. The van der Waals surface area contributed by atoms with E-state index in [1.54, 1.807) is 29.2 Å². The van der Waals surface area contributed by atoms with Gasteiger partial charge in [-0.15, -0.1) is 0 Å². The molecule has 1 N–H and O–H groups in total. The van der Waals surface area contributed by atoms with Gasteiger partial charge < -0.3 is 10.2 Å². The van der Waals surface area contributed by atoms with Crippen LogP contribution in [0, 0.1) is 0 Å². The zero-order valence-electron chi connectivity index (χ0n) is 13.5. The number of likely N-dealkylation sites (tertiary alicyclic amines) is 1. The summed E-state index contributed by atoms with van der Waals surface area (Å²) in [6.45, 7) is 1.46. The number of pyridine rings is 1. The highest BCUT2D eigenvalue weighted by molar-refractivity contribution is 6.44. The standard InChI is InChI=1S/C18H17Cl2N3O2/c19-13-5-4-6-14(16(13)20)22-17(24)12-7-8-21-15(11-12)18(25)23-9-2-1-3-10-23/h4-8,11H,1-3,9-10H2,(H,22,24). The molecular weight excluding hydrogens is 361 g/mol. The Morgan fingerprint density at radius 1 is 1.08 bits per heavy atom. The van der Waals surface area contributed by atoms with Crippen LogP contribution in [0.15, 0.2) is 36.5 Å². The van der Waals surface area contributed by atoms with Gasteiger partial charge in [-0.3, -0.25) is 14.6 Å². The summed E-state index contributed by atoms with van der Waals surface area (Å²) in [5.41, 5.74) is 1.03. The number of benzene rings is 1. The Kier molecular flexibility index (Phi) is 5.56. The second-order valence-corrected chi connectivity index (χ2v) is 6.62. The van der Waals surface area contributed by atoms with Gasteiger partial charge in [-0.1, -0.05) is 29.3 Å². The van der Waals surface area contributed by atoms with E-state index in [9.17, 15) is 9.59 Å². The van der Waals surface area contributed by atoms with Crippen LogP contribution in [0.4, 0.5) is 5.69 Å². The Morgan fingerprint density at radius 2 is 1.84 bits per heavy atom. The SMILES string of the molecule is O=C(Nc1cccc(Cl)c1Cl)c1ccnc(C(=O)N2CCCCC2)c1. The largest absolute Gasteiger partial charge is 0.337 e. The Balaban J connectivity index is 1.77. The highest BCUT2D eigenvalue weighted by Gasteiger charge is 2.20. The molecule has 0 atom stereocenters. The van der Waals surface area contributed by atoms with Crippen LogP contribution in [-0.4, -0.2) is 34.8 Å². The maximum absolute atomic E-state index is 12.5. The fourth-order valence-electron chi connectivity index (χ4n) is 2.74. The van der Waals surface area contributed by atoms with Crippen molar-refractivity contribution < 1.29 is 9.59 Å². The minimum absolute atomic E-state index is 0.143. The molecule has 130 valence electrons. The Hall–Kier alpha value is -2.11. The van der Waals surface area contributed by atoms with E-state index in [-0.39, 0.29) is 22.5 Å². The van der Waals surface area contributed by atoms with E-state index >= 15 is 0 Å². The molecular formula is C18H17Cl2N3O2. The Morgan fingerprint density at radius 3 is 2.60 bits per heavy atom. The van der Waals surface area contributed by atoms with Crippen molar-refractivity contribution in [3.63, 3.8) is 0 Å². The van der Waals surface area contributed by atoms with Gasteiger partial charge in [0, 0.05) is 24.8 Å². The maximum atomic E-state index is 12.5. The van der Waals surface area contributed by atoms with Crippen LogP contribution in [0.3, 0.4) is 0 Å². The molecule has 1 aromatic heterocycles. The van der Waals surface area contributed by atoms with Crippen molar-refractivity contribution >= 4 is 40.7 Å². The summed E-state index contributed by atoms with van der Waals surface area (Å²) in [6, 6.07) is 8.06. The lowest BCUT2D eigenvalue weighted by atomic mass is 10.1. The molecule has 0 aliphatic carbocycles. The number of aromatic nitrogens is 1. The molecule has 25 heavy (non-hydrogen) atoms. The van der Waals surface area contributed by atoms with Crippen LogP contribution < -0.4 is 5.32 Å². The molecule has 2 amide bonds. The molecule has 1 aliphatic rings. The Labute approximate surface area is 155 Å². The van der Waals surface area contributed by atoms with Crippen LogP contribution in [0.1, 0.15) is 40.1 Å². The summed E-state index contributed by atoms with van der Waals surface area (Å²) in [5.74, 6) is -0.519. The lowest BCUT2D eigenvalue weighted by Crippen LogP contribution is -2.36. The van der Waals surface area contributed by atoms with Crippen LogP contribution in [0.25, 0.3) is 0 Å². The molecule has 0 bridgehead atoms. The second-order valence-electron chi connectivity index (χ2n) is 5.84. The topological polar surface area (TPSA) is 62.3 Å². The number of halogens is 2. The number of piperidine rings is 1. The third-order valence-electron chi connectivity index (χ3n) is 4.08. The van der Waals surface area contributed by atoms with Crippen molar-refractivity contribution in [2.24, 2.45) is 0 Å². The van der Waals surface area contributed by atoms with Gasteiger partial charge in [-0.25, -0.2) is 0 Å². The number of carbonyl (C=O) groups excluding carboxylic acids is 2. The van der Waals surface area contributed by atoms with Gasteiger partial charge in [0.2, 0.25) is 0 Å². The first-order valence-corrected chi connectivity index (χ1v) is 8.82. The predicted octanol–water partition coefficient (Wildman–Crippen LogP) is 4.27. The van der Waals surface area contributed by atoms with E-state index in [0.29, 0.717) is 16.3 Å². The van der Waals surface area contributed by atoms with E-state index in [2.05, 4.69) is 10.3 Å². The minimum Gasteiger partial charge on any atom is -0.337 e. The van der Waals surface area contributed by atoms with E-state index in [0.717, 1.165) is 32.4 Å². The maximum Gasteiger partial charge on any atom is 0.272 e. The van der Waals surface area contributed by atoms with Crippen molar-refractivity contribution in [2.45, 2.75) is 19.3 Å². The van der Waals surface area contributed by atoms with E-state index in [1.807, 2.05) is 0 Å². The monoisotopic (exact) mass is 377 g/mol. The average molecular weight is 378 g/mol. The van der Waals surface area contributed by atoms with Gasteiger partial charge in [0.15, 0.2) is 0 Å². The molecule has 0 spiro atoms. The minimum atomic E-state index is -0.376. The van der Waals surface area contributed by atoms with Crippen molar-refractivity contribution in [1.82, 2.24) is 9.88 Å². The van der Waals surface area contributed by atoms with Gasteiger partial charge in [-0.05, 0) is 43.5 Å². The molecule has 0 saturated carbocycles. The van der Waals surface area contributed by atoms with Crippen molar-refractivity contribution in [3.05, 3.63) is 57.8 Å². The average Bonchev–Trinajstić information content (AvgIpc) is 2.65. The molecule has 7 heteroatoms. The number of rotatable bonds is 3. The Bertz CT molecular complexity index is 805. The smallest absolute Gasteiger partial charge is 0.272 e. The van der Waals surface area contributed by atoms with E-state index in [1.165, 1.54) is 12.3 Å². The molecule has 1 fully saturated rings. The quantitative estimate of drug-likeness (QED) is 0.868. The molecule has 5 nitrogen and oxygen atoms in total. The number of nitrogens with one attached hydrogen (secondary N) is 1. The fraction of sp³-hybridized carbons (Fsp3) is 0.278. The molecule has 1 aliphatic heterocycles. The zero-order chi connectivity index (χ0) is 17.8. The zero-order valence-corrected chi connectivity index (χ0v) is 15.0. The fourth-order valence-corrected chi connectivity index (χ4v) is 3.09. The number of hydrogen-bond donors (Lipinski definition) is 1. The number of nitrogens with zero attached hydrogens (tertiary/aromatic N) is 2. The second kappa shape index (κ2) is 7.85. The van der Waals surface area contributed by atoms with Gasteiger partial charge in [0.05, 0.1) is 15.7 Å². The van der Waals surface area contributed by atoms with Gasteiger partial charge >= 0.3 is 0 Å². The van der Waals surface area contributed by atoms with E-state index < -0.39 is 0 Å². The van der Waals surface area contributed by atoms with Gasteiger partial charge in [0.25, 0.3) is 11.8 Å². The van der Waals surface area contributed by atoms with Crippen molar-refractivity contribution in [1.29, 1.82) is 0 Å². The molecule has 0 unspecified atom stereocenters. The number of carbonyl (C=O) groups is 2. The summed E-state index contributed by atoms with van der Waals surface area (Å²) < 4.78 is 0. The normalized spacial score (nSPS) is 14.2. The highest BCUT2D eigenvalue weighted by Crippen LogP contribution is 2.29. The number of anilines is 1. The molecule has 0 radical (unpaired) electrons. The van der Waals surface area contributed by atoms with Crippen molar-refractivity contribution in [2.75, 3.05) is 18.4 Å². The van der Waals surface area contributed by atoms with E-state index in [4.69, 9.17) is 23.2 Å². The van der Waals surface area contributed by atoms with Crippen LogP contribution in [-0.2, 0) is 0 Å². The number of amides is 2. The molecule has 1 saturated heterocycles. The lowest BCUT2D eigenvalue weighted by Gasteiger charge is -2.26. The van der Waals surface area contributed by atoms with Crippen LogP contribution >= 0.6 is 23.2 Å². The summed E-state index contributed by atoms with van der Waals surface area (Å²) in [6.07, 6.45) is 4.60. The summed E-state index contributed by atoms with van der Waals surface area (Å²) >= 11 is 12.0.